The first-order valence-corrected chi connectivity index (χ1v) is 6.20. The van der Waals surface area contributed by atoms with Gasteiger partial charge in [0.15, 0.2) is 0 Å². The van der Waals surface area contributed by atoms with E-state index in [4.69, 9.17) is 11.5 Å². The van der Waals surface area contributed by atoms with Crippen molar-refractivity contribution in [1.29, 1.82) is 0 Å². The van der Waals surface area contributed by atoms with Gasteiger partial charge in [0, 0.05) is 24.1 Å². The molecule has 0 atom stereocenters. The summed E-state index contributed by atoms with van der Waals surface area (Å²) in [6.07, 6.45) is 7.63. The van der Waals surface area contributed by atoms with Crippen molar-refractivity contribution in [3.63, 3.8) is 0 Å². The van der Waals surface area contributed by atoms with Crippen molar-refractivity contribution in [2.24, 2.45) is 0 Å². The fraction of sp³-hybridized carbons (Fsp3) is 0.333. The van der Waals surface area contributed by atoms with E-state index in [0.717, 1.165) is 18.4 Å². The van der Waals surface area contributed by atoms with E-state index in [-0.39, 0.29) is 12.3 Å². The lowest BCUT2D eigenvalue weighted by Crippen LogP contribution is -2.24. The number of amides is 1. The van der Waals surface area contributed by atoms with Crippen LogP contribution in [0.25, 0.3) is 0 Å². The number of carbonyl (C=O) groups is 2. The quantitative estimate of drug-likeness (QED) is 0.581. The van der Waals surface area contributed by atoms with Crippen LogP contribution < -0.4 is 5.32 Å². The zero-order valence-electron chi connectivity index (χ0n) is 10.7. The highest BCUT2D eigenvalue weighted by Crippen LogP contribution is 2.03. The highest BCUT2D eigenvalue weighted by Gasteiger charge is 2.04. The molecule has 1 aromatic rings. The van der Waals surface area contributed by atoms with Gasteiger partial charge in [-0.1, -0.05) is 12.3 Å². The Morgan fingerprint density at radius 1 is 1.16 bits per heavy atom. The average Bonchev–Trinajstić information content (AvgIpc) is 2.42. The van der Waals surface area contributed by atoms with Crippen LogP contribution in [0.1, 0.15) is 41.6 Å². The lowest BCUT2D eigenvalue weighted by molar-refractivity contribution is -0.137. The van der Waals surface area contributed by atoms with Gasteiger partial charge in [0.05, 0.1) is 0 Å². The van der Waals surface area contributed by atoms with Crippen LogP contribution in [0.2, 0.25) is 0 Å². The molecule has 0 spiro atoms. The van der Waals surface area contributed by atoms with Gasteiger partial charge in [-0.2, -0.15) is 0 Å². The van der Waals surface area contributed by atoms with Crippen LogP contribution in [0, 0.1) is 12.3 Å². The summed E-state index contributed by atoms with van der Waals surface area (Å²) >= 11 is 0. The number of nitrogens with one attached hydrogen (secondary N) is 1. The Bertz CT molecular complexity index is 471. The minimum absolute atomic E-state index is 0.137. The first-order valence-electron chi connectivity index (χ1n) is 6.20. The normalized spacial score (nSPS) is 9.63. The summed E-state index contributed by atoms with van der Waals surface area (Å²) in [5, 5.41) is 11.3. The molecule has 0 aliphatic heterocycles. The van der Waals surface area contributed by atoms with Gasteiger partial charge in [-0.25, -0.2) is 0 Å². The molecule has 0 fully saturated rings. The van der Waals surface area contributed by atoms with E-state index in [1.807, 2.05) is 0 Å². The van der Waals surface area contributed by atoms with E-state index in [9.17, 15) is 9.59 Å². The molecule has 1 aromatic carbocycles. The lowest BCUT2D eigenvalue weighted by atomic mass is 10.1. The summed E-state index contributed by atoms with van der Waals surface area (Å²) in [5.41, 5.74) is 1.31. The summed E-state index contributed by atoms with van der Waals surface area (Å²) in [5.74, 6) is 1.57. The van der Waals surface area contributed by atoms with E-state index in [1.54, 1.807) is 24.3 Å². The molecule has 0 saturated carbocycles. The number of unbranched alkanes of at least 4 members (excludes halogenated alkanes) is 2. The number of carboxylic acids is 1. The van der Waals surface area contributed by atoms with Gasteiger partial charge in [-0.3, -0.25) is 9.59 Å². The molecule has 0 aromatic heterocycles. The Morgan fingerprint density at radius 3 is 2.42 bits per heavy atom. The summed E-state index contributed by atoms with van der Waals surface area (Å²) < 4.78 is 0. The van der Waals surface area contributed by atoms with Gasteiger partial charge in [-0.05, 0) is 37.1 Å². The Balaban J connectivity index is 2.24. The van der Waals surface area contributed by atoms with Crippen LogP contribution in [0.4, 0.5) is 0 Å². The van der Waals surface area contributed by atoms with E-state index in [0.29, 0.717) is 18.5 Å². The van der Waals surface area contributed by atoms with Crippen LogP contribution in [0.3, 0.4) is 0 Å². The number of hydrogen-bond donors (Lipinski definition) is 2. The highest BCUT2D eigenvalue weighted by molar-refractivity contribution is 5.94. The first-order chi connectivity index (χ1) is 9.13. The smallest absolute Gasteiger partial charge is 0.303 e. The van der Waals surface area contributed by atoms with Crippen molar-refractivity contribution in [2.75, 3.05) is 6.54 Å². The Morgan fingerprint density at radius 2 is 1.84 bits per heavy atom. The van der Waals surface area contributed by atoms with Gasteiger partial charge in [0.1, 0.15) is 0 Å². The van der Waals surface area contributed by atoms with Crippen molar-refractivity contribution in [1.82, 2.24) is 5.32 Å². The average molecular weight is 259 g/mol. The van der Waals surface area contributed by atoms with Crippen molar-refractivity contribution in [3.05, 3.63) is 35.4 Å². The molecule has 0 aliphatic rings. The topological polar surface area (TPSA) is 66.4 Å². The van der Waals surface area contributed by atoms with Gasteiger partial charge in [0.2, 0.25) is 0 Å². The third-order valence-electron chi connectivity index (χ3n) is 2.67. The van der Waals surface area contributed by atoms with Gasteiger partial charge in [-0.15, -0.1) is 6.42 Å². The number of hydrogen-bond acceptors (Lipinski definition) is 2. The number of aliphatic carboxylic acids is 1. The maximum Gasteiger partial charge on any atom is 0.303 e. The SMILES string of the molecule is C#Cc1ccc(C(=O)NCCCCCC(=O)O)cc1. The molecule has 19 heavy (non-hydrogen) atoms. The molecule has 4 heteroatoms. The van der Waals surface area contributed by atoms with E-state index in [1.165, 1.54) is 0 Å². The Labute approximate surface area is 112 Å². The number of rotatable bonds is 7. The second-order valence-electron chi connectivity index (χ2n) is 4.18. The molecule has 1 amide bonds. The number of carbonyl (C=O) groups excluding carboxylic acids is 1. The number of terminal acetylenes is 1. The minimum atomic E-state index is -0.780. The van der Waals surface area contributed by atoms with Crippen LogP contribution in [-0.4, -0.2) is 23.5 Å². The van der Waals surface area contributed by atoms with Gasteiger partial charge < -0.3 is 10.4 Å². The summed E-state index contributed by atoms with van der Waals surface area (Å²) in [6.45, 7) is 0.551. The molecule has 100 valence electrons. The molecule has 0 bridgehead atoms. The molecular formula is C15H17NO3. The zero-order chi connectivity index (χ0) is 14.1. The van der Waals surface area contributed by atoms with E-state index in [2.05, 4.69) is 11.2 Å². The maximum atomic E-state index is 11.7. The third kappa shape index (κ3) is 5.73. The van der Waals surface area contributed by atoms with Crippen LogP contribution in [-0.2, 0) is 4.79 Å². The maximum absolute atomic E-state index is 11.7. The molecule has 0 aliphatic carbocycles. The van der Waals surface area contributed by atoms with Crippen LogP contribution >= 0.6 is 0 Å². The predicted octanol–water partition coefficient (Wildman–Crippen LogP) is 2.04. The first kappa shape index (κ1) is 14.8. The number of carboxylic acid groups (broad SMARTS) is 1. The van der Waals surface area contributed by atoms with Crippen LogP contribution in [0.5, 0.6) is 0 Å². The molecule has 1 rings (SSSR count). The van der Waals surface area contributed by atoms with Crippen molar-refractivity contribution >= 4 is 11.9 Å². The second-order valence-corrected chi connectivity index (χ2v) is 4.18. The predicted molar refractivity (Wildman–Crippen MR) is 72.8 cm³/mol. The standard InChI is InChI=1S/C15H17NO3/c1-2-12-7-9-13(10-8-12)15(19)16-11-5-3-4-6-14(17)18/h1,7-10H,3-6,11H2,(H,16,19)(H,17,18). The summed E-state index contributed by atoms with van der Waals surface area (Å²) in [4.78, 5) is 22.0. The fourth-order valence-electron chi connectivity index (χ4n) is 1.60. The summed E-state index contributed by atoms with van der Waals surface area (Å²) in [7, 11) is 0. The van der Waals surface area contributed by atoms with Crippen molar-refractivity contribution in [2.45, 2.75) is 25.7 Å². The Kier molecular flexibility index (Phi) is 6.17. The van der Waals surface area contributed by atoms with E-state index < -0.39 is 5.97 Å². The van der Waals surface area contributed by atoms with E-state index >= 15 is 0 Å². The lowest BCUT2D eigenvalue weighted by Gasteiger charge is -2.05. The largest absolute Gasteiger partial charge is 0.481 e. The Hall–Kier alpha value is -2.28. The van der Waals surface area contributed by atoms with Gasteiger partial charge >= 0.3 is 5.97 Å². The zero-order valence-corrected chi connectivity index (χ0v) is 10.7. The second kappa shape index (κ2) is 7.93. The molecule has 2 N–H and O–H groups in total. The molecular weight excluding hydrogens is 242 g/mol. The molecule has 0 radical (unpaired) electrons. The summed E-state index contributed by atoms with van der Waals surface area (Å²) in [6, 6.07) is 6.83. The molecule has 0 saturated heterocycles. The molecule has 0 unspecified atom stereocenters. The van der Waals surface area contributed by atoms with Crippen molar-refractivity contribution in [3.8, 4) is 12.3 Å². The monoisotopic (exact) mass is 259 g/mol. The van der Waals surface area contributed by atoms with Crippen LogP contribution in [0.15, 0.2) is 24.3 Å². The van der Waals surface area contributed by atoms with Crippen molar-refractivity contribution < 1.29 is 14.7 Å². The highest BCUT2D eigenvalue weighted by atomic mass is 16.4. The third-order valence-corrected chi connectivity index (χ3v) is 2.67. The fourth-order valence-corrected chi connectivity index (χ4v) is 1.60. The van der Waals surface area contributed by atoms with Gasteiger partial charge in [0.25, 0.3) is 5.91 Å². The molecule has 0 heterocycles. The number of benzene rings is 1. The molecule has 4 nitrogen and oxygen atoms in total. The minimum Gasteiger partial charge on any atom is -0.481 e.